The van der Waals surface area contributed by atoms with E-state index in [0.29, 0.717) is 13.1 Å². The highest BCUT2D eigenvalue weighted by molar-refractivity contribution is 6.02. The van der Waals surface area contributed by atoms with Crippen molar-refractivity contribution in [2.75, 3.05) is 18.2 Å². The number of esters is 1. The Morgan fingerprint density at radius 2 is 1.88 bits per heavy atom. The van der Waals surface area contributed by atoms with Crippen molar-refractivity contribution >= 4 is 28.7 Å². The van der Waals surface area contributed by atoms with Crippen molar-refractivity contribution in [3.63, 3.8) is 0 Å². The third-order valence-corrected chi connectivity index (χ3v) is 4.13. The van der Waals surface area contributed by atoms with Crippen LogP contribution in [0.2, 0.25) is 0 Å². The van der Waals surface area contributed by atoms with Crippen LogP contribution in [0.3, 0.4) is 0 Å². The van der Waals surface area contributed by atoms with Crippen LogP contribution in [-0.4, -0.2) is 34.4 Å². The molecular weight excluding hydrogens is 316 g/mol. The molecule has 126 valence electrons. The average molecular weight is 334 g/mol. The van der Waals surface area contributed by atoms with Crippen LogP contribution < -0.4 is 5.01 Å². The van der Waals surface area contributed by atoms with Crippen LogP contribution in [0, 0.1) is 0 Å². The van der Waals surface area contributed by atoms with E-state index in [-0.39, 0.29) is 12.6 Å². The highest BCUT2D eigenvalue weighted by atomic mass is 16.5. The fourth-order valence-electron chi connectivity index (χ4n) is 2.99. The zero-order valence-corrected chi connectivity index (χ0v) is 13.9. The number of imidazole rings is 1. The predicted molar refractivity (Wildman–Crippen MR) is 96.7 cm³/mol. The minimum atomic E-state index is -0.294. The van der Waals surface area contributed by atoms with Crippen LogP contribution in [0.15, 0.2) is 59.7 Å². The van der Waals surface area contributed by atoms with Crippen molar-refractivity contribution in [1.29, 1.82) is 0 Å². The molecule has 0 bridgehead atoms. The van der Waals surface area contributed by atoms with E-state index >= 15 is 0 Å². The lowest BCUT2D eigenvalue weighted by atomic mass is 10.1. The molecule has 0 saturated carbocycles. The van der Waals surface area contributed by atoms with Crippen molar-refractivity contribution in [3.05, 3.63) is 60.2 Å². The Kier molecular flexibility index (Phi) is 3.93. The summed E-state index contributed by atoms with van der Waals surface area (Å²) in [5, 5.41) is 6.58. The van der Waals surface area contributed by atoms with Gasteiger partial charge in [0.15, 0.2) is 0 Å². The van der Waals surface area contributed by atoms with Crippen LogP contribution in [-0.2, 0) is 16.1 Å². The summed E-state index contributed by atoms with van der Waals surface area (Å²) in [6, 6.07) is 18.1. The van der Waals surface area contributed by atoms with Gasteiger partial charge in [-0.15, -0.1) is 0 Å². The maximum Gasteiger partial charge on any atom is 0.302 e. The number of nitrogens with zero attached hydrogens (tertiary/aromatic N) is 4. The lowest BCUT2D eigenvalue weighted by Crippen LogP contribution is -2.32. The molecule has 0 saturated heterocycles. The van der Waals surface area contributed by atoms with Crippen molar-refractivity contribution in [2.24, 2.45) is 5.10 Å². The van der Waals surface area contributed by atoms with Crippen molar-refractivity contribution < 1.29 is 9.53 Å². The number of hydrogen-bond acceptors (Lipinski definition) is 5. The van der Waals surface area contributed by atoms with Gasteiger partial charge in [-0.2, -0.15) is 5.10 Å². The largest absolute Gasteiger partial charge is 0.464 e. The van der Waals surface area contributed by atoms with Gasteiger partial charge in [-0.3, -0.25) is 4.79 Å². The Morgan fingerprint density at radius 3 is 2.68 bits per heavy atom. The molecule has 1 aliphatic heterocycles. The number of para-hydroxylation sites is 2. The topological polar surface area (TPSA) is 59.7 Å². The van der Waals surface area contributed by atoms with Gasteiger partial charge in [0.05, 0.1) is 29.8 Å². The smallest absolute Gasteiger partial charge is 0.302 e. The van der Waals surface area contributed by atoms with Gasteiger partial charge in [0.1, 0.15) is 6.61 Å². The molecule has 0 spiro atoms. The molecule has 2 aromatic carbocycles. The SMILES string of the molecule is CC(=O)OCCN1N=C(c2ccccc2)Cn2c1nc1ccccc12. The molecule has 2 heterocycles. The second-order valence-electron chi connectivity index (χ2n) is 5.86. The molecule has 6 heteroatoms. The molecule has 0 radical (unpaired) electrons. The van der Waals surface area contributed by atoms with Gasteiger partial charge in [-0.1, -0.05) is 42.5 Å². The number of carbonyl (C=O) groups excluding carboxylic acids is 1. The zero-order valence-electron chi connectivity index (χ0n) is 13.9. The first-order valence-corrected chi connectivity index (χ1v) is 8.21. The number of aromatic nitrogens is 2. The number of anilines is 1. The zero-order chi connectivity index (χ0) is 17.2. The number of fused-ring (bicyclic) bond motifs is 3. The summed E-state index contributed by atoms with van der Waals surface area (Å²) in [6.45, 7) is 2.79. The normalized spacial score (nSPS) is 13.5. The highest BCUT2D eigenvalue weighted by Crippen LogP contribution is 2.27. The molecule has 4 rings (SSSR count). The Morgan fingerprint density at radius 1 is 1.12 bits per heavy atom. The van der Waals surface area contributed by atoms with E-state index in [1.165, 1.54) is 6.92 Å². The maximum atomic E-state index is 11.1. The molecule has 25 heavy (non-hydrogen) atoms. The van der Waals surface area contributed by atoms with Crippen LogP contribution in [0.5, 0.6) is 0 Å². The van der Waals surface area contributed by atoms with E-state index in [1.807, 2.05) is 53.5 Å². The number of benzene rings is 2. The minimum Gasteiger partial charge on any atom is -0.464 e. The highest BCUT2D eigenvalue weighted by Gasteiger charge is 2.24. The van der Waals surface area contributed by atoms with Gasteiger partial charge < -0.3 is 9.30 Å². The molecule has 0 fully saturated rings. The summed E-state index contributed by atoms with van der Waals surface area (Å²) in [5.74, 6) is 0.478. The molecule has 1 aliphatic rings. The molecule has 0 atom stereocenters. The number of carbonyl (C=O) groups is 1. The molecular formula is C19H18N4O2. The number of hydrazone groups is 1. The summed E-state index contributed by atoms with van der Waals surface area (Å²) < 4.78 is 7.24. The second kappa shape index (κ2) is 6.39. The van der Waals surface area contributed by atoms with Crippen LogP contribution >= 0.6 is 0 Å². The minimum absolute atomic E-state index is 0.268. The average Bonchev–Trinajstić information content (AvgIpc) is 3.01. The van der Waals surface area contributed by atoms with Crippen molar-refractivity contribution in [3.8, 4) is 0 Å². The molecule has 0 aliphatic carbocycles. The molecule has 1 aromatic heterocycles. The molecule has 0 N–H and O–H groups in total. The van der Waals surface area contributed by atoms with Gasteiger partial charge >= 0.3 is 5.97 Å². The van der Waals surface area contributed by atoms with Gasteiger partial charge in [0.2, 0.25) is 5.95 Å². The van der Waals surface area contributed by atoms with E-state index in [4.69, 9.17) is 14.8 Å². The van der Waals surface area contributed by atoms with Crippen molar-refractivity contribution in [1.82, 2.24) is 9.55 Å². The summed E-state index contributed by atoms with van der Waals surface area (Å²) >= 11 is 0. The van der Waals surface area contributed by atoms with Gasteiger partial charge in [-0.25, -0.2) is 9.99 Å². The van der Waals surface area contributed by atoms with E-state index in [9.17, 15) is 4.79 Å². The summed E-state index contributed by atoms with van der Waals surface area (Å²) in [5.41, 5.74) is 4.03. The summed E-state index contributed by atoms with van der Waals surface area (Å²) in [6.07, 6.45) is 0. The first kappa shape index (κ1) is 15.4. The first-order chi connectivity index (χ1) is 12.2. The molecule has 3 aromatic rings. The fraction of sp³-hybridized carbons (Fsp3) is 0.211. The fourth-order valence-corrected chi connectivity index (χ4v) is 2.99. The predicted octanol–water partition coefficient (Wildman–Crippen LogP) is 2.82. The van der Waals surface area contributed by atoms with Crippen LogP contribution in [0.1, 0.15) is 12.5 Å². The molecule has 6 nitrogen and oxygen atoms in total. The lowest BCUT2D eigenvalue weighted by Gasteiger charge is -2.26. The summed E-state index contributed by atoms with van der Waals surface area (Å²) in [4.78, 5) is 15.8. The molecule has 0 amide bonds. The Balaban J connectivity index is 1.74. The van der Waals surface area contributed by atoms with E-state index in [0.717, 1.165) is 28.3 Å². The third kappa shape index (κ3) is 2.98. The number of ether oxygens (including phenoxy) is 1. The van der Waals surface area contributed by atoms with Crippen LogP contribution in [0.4, 0.5) is 5.95 Å². The van der Waals surface area contributed by atoms with Gasteiger partial charge in [-0.05, 0) is 17.7 Å². The standard InChI is InChI=1S/C19H18N4O2/c1-14(24)25-12-11-23-19-20-16-9-5-6-10-18(16)22(19)13-17(21-23)15-7-3-2-4-8-15/h2-10H,11-13H2,1H3. The van der Waals surface area contributed by atoms with E-state index < -0.39 is 0 Å². The summed E-state index contributed by atoms with van der Waals surface area (Å²) in [7, 11) is 0. The third-order valence-electron chi connectivity index (χ3n) is 4.13. The monoisotopic (exact) mass is 334 g/mol. The van der Waals surface area contributed by atoms with Crippen LogP contribution in [0.25, 0.3) is 11.0 Å². The first-order valence-electron chi connectivity index (χ1n) is 8.21. The van der Waals surface area contributed by atoms with Crippen molar-refractivity contribution in [2.45, 2.75) is 13.5 Å². The number of rotatable bonds is 4. The van der Waals surface area contributed by atoms with E-state index in [1.54, 1.807) is 0 Å². The quantitative estimate of drug-likeness (QED) is 0.689. The van der Waals surface area contributed by atoms with Gasteiger partial charge in [0, 0.05) is 6.92 Å². The Labute approximate surface area is 145 Å². The maximum absolute atomic E-state index is 11.1. The van der Waals surface area contributed by atoms with Gasteiger partial charge in [0.25, 0.3) is 0 Å². The number of hydrogen-bond donors (Lipinski definition) is 0. The van der Waals surface area contributed by atoms with E-state index in [2.05, 4.69) is 10.6 Å². The lowest BCUT2D eigenvalue weighted by molar-refractivity contribution is -0.140. The Bertz CT molecular complexity index is 946. The Hall–Kier alpha value is -3.15. The molecule has 0 unspecified atom stereocenters. The second-order valence-corrected chi connectivity index (χ2v) is 5.86.